The number of fused-ring (bicyclic) bond motifs is 2. The molecule has 0 aromatic carbocycles. The van der Waals surface area contributed by atoms with Gasteiger partial charge in [0.25, 0.3) is 0 Å². The average Bonchev–Trinajstić information content (AvgIpc) is 2.87. The highest BCUT2D eigenvalue weighted by molar-refractivity contribution is 5.81. The molecule has 0 fully saturated rings. The minimum Gasteiger partial charge on any atom is -0.333 e. The lowest BCUT2D eigenvalue weighted by atomic mass is 9.95. The first-order valence-electron chi connectivity index (χ1n) is 7.19. The van der Waals surface area contributed by atoms with E-state index in [1.807, 2.05) is 17.5 Å². The molecule has 0 saturated heterocycles. The molecule has 3 heterocycles. The van der Waals surface area contributed by atoms with Crippen molar-refractivity contribution in [2.45, 2.75) is 27.2 Å². The van der Waals surface area contributed by atoms with Crippen molar-refractivity contribution in [3.05, 3.63) is 35.2 Å². The standard InChI is InChI=1S/C15H22N4O/c1-5-6-17-8-11(2)12(3)14-15(17)19-10-18(20-4)9-13(19)7-16-14/h7-9,12H,5-6,10H2,1-4H3. The highest BCUT2D eigenvalue weighted by Gasteiger charge is 2.35. The van der Waals surface area contributed by atoms with Gasteiger partial charge >= 0.3 is 0 Å². The van der Waals surface area contributed by atoms with Gasteiger partial charge in [-0.2, -0.15) is 0 Å². The van der Waals surface area contributed by atoms with Crippen molar-refractivity contribution in [3.8, 4) is 0 Å². The second kappa shape index (κ2) is 4.98. The van der Waals surface area contributed by atoms with Gasteiger partial charge in [0, 0.05) is 18.7 Å². The number of hydrogen-bond acceptors (Lipinski definition) is 5. The van der Waals surface area contributed by atoms with Gasteiger partial charge in [-0.1, -0.05) is 13.8 Å². The third-order valence-electron chi connectivity index (χ3n) is 4.11. The normalized spacial score (nSPS) is 24.8. The van der Waals surface area contributed by atoms with Crippen LogP contribution in [-0.2, 0) is 4.84 Å². The molecule has 3 rings (SSSR count). The molecule has 0 amide bonds. The maximum atomic E-state index is 5.32. The van der Waals surface area contributed by atoms with E-state index in [1.54, 1.807) is 7.11 Å². The van der Waals surface area contributed by atoms with Gasteiger partial charge in [-0.15, -0.1) is 0 Å². The molecule has 0 radical (unpaired) electrons. The Morgan fingerprint density at radius 1 is 1.40 bits per heavy atom. The van der Waals surface area contributed by atoms with Crippen LogP contribution in [0.5, 0.6) is 0 Å². The molecule has 1 atom stereocenters. The minimum atomic E-state index is 0.368. The fourth-order valence-corrected chi connectivity index (χ4v) is 2.87. The topological polar surface area (TPSA) is 31.3 Å². The fourth-order valence-electron chi connectivity index (χ4n) is 2.87. The molecule has 1 unspecified atom stereocenters. The summed E-state index contributed by atoms with van der Waals surface area (Å²) in [5.41, 5.74) is 3.62. The van der Waals surface area contributed by atoms with E-state index in [2.05, 4.69) is 36.8 Å². The molecular weight excluding hydrogens is 252 g/mol. The summed E-state index contributed by atoms with van der Waals surface area (Å²) in [6.45, 7) is 8.34. The smallest absolute Gasteiger partial charge is 0.137 e. The Hall–Kier alpha value is -1.75. The molecule has 3 aliphatic heterocycles. The van der Waals surface area contributed by atoms with Crippen molar-refractivity contribution in [1.82, 2.24) is 14.9 Å². The van der Waals surface area contributed by atoms with Crippen molar-refractivity contribution >= 4 is 6.21 Å². The third kappa shape index (κ3) is 1.93. The van der Waals surface area contributed by atoms with Crippen LogP contribution in [0, 0.1) is 5.92 Å². The van der Waals surface area contributed by atoms with Gasteiger partial charge in [-0.25, -0.2) is 5.06 Å². The number of hydrogen-bond donors (Lipinski definition) is 0. The van der Waals surface area contributed by atoms with E-state index in [-0.39, 0.29) is 0 Å². The summed E-state index contributed by atoms with van der Waals surface area (Å²) in [6, 6.07) is 0. The third-order valence-corrected chi connectivity index (χ3v) is 4.11. The monoisotopic (exact) mass is 274 g/mol. The van der Waals surface area contributed by atoms with Gasteiger partial charge in [-0.3, -0.25) is 9.83 Å². The van der Waals surface area contributed by atoms with Crippen LogP contribution < -0.4 is 0 Å². The van der Waals surface area contributed by atoms with Crippen LogP contribution in [0.1, 0.15) is 27.2 Å². The van der Waals surface area contributed by atoms with Crippen molar-refractivity contribution in [2.75, 3.05) is 20.3 Å². The second-order valence-electron chi connectivity index (χ2n) is 5.48. The zero-order chi connectivity index (χ0) is 14.3. The van der Waals surface area contributed by atoms with E-state index in [1.165, 1.54) is 11.4 Å². The molecule has 0 aromatic heterocycles. The van der Waals surface area contributed by atoms with Gasteiger partial charge in [0.1, 0.15) is 12.5 Å². The van der Waals surface area contributed by atoms with Crippen molar-refractivity contribution in [2.24, 2.45) is 10.9 Å². The Kier molecular flexibility index (Phi) is 3.30. The minimum absolute atomic E-state index is 0.368. The van der Waals surface area contributed by atoms with E-state index in [4.69, 9.17) is 9.83 Å². The highest BCUT2D eigenvalue weighted by Crippen LogP contribution is 2.38. The van der Waals surface area contributed by atoms with Gasteiger partial charge in [0.2, 0.25) is 0 Å². The Morgan fingerprint density at radius 2 is 2.20 bits per heavy atom. The lowest BCUT2D eigenvalue weighted by Crippen LogP contribution is -2.39. The molecule has 20 heavy (non-hydrogen) atoms. The largest absolute Gasteiger partial charge is 0.333 e. The molecule has 0 saturated carbocycles. The second-order valence-corrected chi connectivity index (χ2v) is 5.48. The number of aliphatic imine (C=N–C) groups is 1. The van der Waals surface area contributed by atoms with E-state index in [9.17, 15) is 0 Å². The first kappa shape index (κ1) is 13.2. The van der Waals surface area contributed by atoms with E-state index in [0.717, 1.165) is 31.0 Å². The number of allylic oxidation sites excluding steroid dienone is 2. The number of nitrogens with zero attached hydrogens (tertiary/aromatic N) is 4. The van der Waals surface area contributed by atoms with Crippen LogP contribution in [0.15, 0.2) is 40.2 Å². The highest BCUT2D eigenvalue weighted by atomic mass is 16.7. The summed E-state index contributed by atoms with van der Waals surface area (Å²) in [7, 11) is 1.69. The molecule has 0 bridgehead atoms. The average molecular weight is 274 g/mol. The predicted molar refractivity (Wildman–Crippen MR) is 79.1 cm³/mol. The van der Waals surface area contributed by atoms with Crippen LogP contribution in [0.4, 0.5) is 0 Å². The zero-order valence-corrected chi connectivity index (χ0v) is 12.6. The molecule has 5 nitrogen and oxygen atoms in total. The van der Waals surface area contributed by atoms with Crippen LogP contribution in [-0.4, -0.2) is 41.4 Å². The molecule has 5 heteroatoms. The number of rotatable bonds is 3. The van der Waals surface area contributed by atoms with Crippen LogP contribution in [0.25, 0.3) is 0 Å². The summed E-state index contributed by atoms with van der Waals surface area (Å²) in [5.74, 6) is 1.57. The summed E-state index contributed by atoms with van der Waals surface area (Å²) < 4.78 is 0. The number of hydroxylamine groups is 2. The molecule has 0 aliphatic carbocycles. The van der Waals surface area contributed by atoms with Crippen molar-refractivity contribution < 1.29 is 4.84 Å². The molecule has 0 spiro atoms. The quantitative estimate of drug-likeness (QED) is 0.791. The maximum Gasteiger partial charge on any atom is 0.137 e. The molecule has 0 aromatic rings. The SMILES string of the molecule is CCCN1C=C(C)C(C)C2=C1N1CN(OC)C=C1C=N2. The zero-order valence-electron chi connectivity index (χ0n) is 12.6. The van der Waals surface area contributed by atoms with Crippen LogP contribution in [0.3, 0.4) is 0 Å². The van der Waals surface area contributed by atoms with Crippen LogP contribution >= 0.6 is 0 Å². The molecule has 3 aliphatic rings. The Labute approximate surface area is 120 Å². The van der Waals surface area contributed by atoms with E-state index >= 15 is 0 Å². The summed E-state index contributed by atoms with van der Waals surface area (Å²) in [4.78, 5) is 14.6. The Bertz CT molecular complexity index is 532. The van der Waals surface area contributed by atoms with Gasteiger partial charge in [-0.05, 0) is 18.9 Å². The molecule has 0 N–H and O–H groups in total. The molecule has 108 valence electrons. The van der Waals surface area contributed by atoms with Gasteiger partial charge in [0.05, 0.1) is 30.9 Å². The molecular formula is C15H22N4O. The van der Waals surface area contributed by atoms with Gasteiger partial charge < -0.3 is 9.80 Å². The van der Waals surface area contributed by atoms with Crippen molar-refractivity contribution in [3.63, 3.8) is 0 Å². The van der Waals surface area contributed by atoms with Crippen LogP contribution in [0.2, 0.25) is 0 Å². The Morgan fingerprint density at radius 3 is 2.90 bits per heavy atom. The fraction of sp³-hybridized carbons (Fsp3) is 0.533. The maximum absolute atomic E-state index is 5.32. The Balaban J connectivity index is 2.00. The summed E-state index contributed by atoms with van der Waals surface area (Å²) in [5, 5.41) is 1.83. The lowest BCUT2D eigenvalue weighted by molar-refractivity contribution is -0.0968. The van der Waals surface area contributed by atoms with E-state index < -0.39 is 0 Å². The first-order valence-corrected chi connectivity index (χ1v) is 7.19. The first-order chi connectivity index (χ1) is 9.65. The predicted octanol–water partition coefficient (Wildman–Crippen LogP) is 2.48. The lowest BCUT2D eigenvalue weighted by Gasteiger charge is -2.40. The summed E-state index contributed by atoms with van der Waals surface area (Å²) in [6.07, 6.45) is 7.31. The van der Waals surface area contributed by atoms with E-state index in [0.29, 0.717) is 5.92 Å². The summed E-state index contributed by atoms with van der Waals surface area (Å²) >= 11 is 0. The van der Waals surface area contributed by atoms with Crippen molar-refractivity contribution in [1.29, 1.82) is 0 Å². The van der Waals surface area contributed by atoms with Gasteiger partial charge in [0.15, 0.2) is 0 Å².